The highest BCUT2D eigenvalue weighted by Gasteiger charge is 2.05. The molecule has 0 aliphatic heterocycles. The smallest absolute Gasteiger partial charge is 0.161 e. The van der Waals surface area contributed by atoms with Crippen LogP contribution in [0.3, 0.4) is 0 Å². The van der Waals surface area contributed by atoms with E-state index >= 15 is 0 Å². The van der Waals surface area contributed by atoms with Gasteiger partial charge in [0.1, 0.15) is 6.61 Å². The summed E-state index contributed by atoms with van der Waals surface area (Å²) in [5.41, 5.74) is 1.23. The first-order valence-corrected chi connectivity index (χ1v) is 12.4. The molecule has 0 unspecified atom stereocenters. The van der Waals surface area contributed by atoms with Crippen molar-refractivity contribution in [2.45, 2.75) is 103 Å². The van der Waals surface area contributed by atoms with E-state index in [1.54, 1.807) is 13.2 Å². The Morgan fingerprint density at radius 2 is 1.37 bits per heavy atom. The highest BCUT2D eigenvalue weighted by Crippen LogP contribution is 2.28. The molecule has 0 radical (unpaired) electrons. The van der Waals surface area contributed by atoms with Crippen molar-refractivity contribution < 1.29 is 9.47 Å². The van der Waals surface area contributed by atoms with Crippen LogP contribution in [0.4, 0.5) is 0 Å². The molecule has 0 heterocycles. The summed E-state index contributed by atoms with van der Waals surface area (Å²) >= 11 is 0. The summed E-state index contributed by atoms with van der Waals surface area (Å²) in [6.07, 6.45) is 21.4. The van der Waals surface area contributed by atoms with Crippen LogP contribution in [-0.4, -0.2) is 20.3 Å². The van der Waals surface area contributed by atoms with E-state index < -0.39 is 0 Å². The van der Waals surface area contributed by atoms with E-state index in [4.69, 9.17) is 9.47 Å². The summed E-state index contributed by atoms with van der Waals surface area (Å²) in [5, 5.41) is 3.55. The van der Waals surface area contributed by atoms with Gasteiger partial charge >= 0.3 is 0 Å². The summed E-state index contributed by atoms with van der Waals surface area (Å²) in [5.74, 6) is 1.56. The minimum Gasteiger partial charge on any atom is -0.493 e. The molecule has 0 atom stereocenters. The van der Waals surface area contributed by atoms with Gasteiger partial charge in [-0.15, -0.1) is 0 Å². The van der Waals surface area contributed by atoms with Gasteiger partial charge in [-0.3, -0.25) is 0 Å². The minimum atomic E-state index is 0.493. The SMILES string of the molecule is C=CCOc1ccc(CNCCCCCCCCCCCCCCCC)cc1OC. The third-order valence-corrected chi connectivity index (χ3v) is 5.62. The van der Waals surface area contributed by atoms with Crippen molar-refractivity contribution in [1.82, 2.24) is 5.32 Å². The molecule has 1 aromatic carbocycles. The van der Waals surface area contributed by atoms with Gasteiger partial charge in [0.05, 0.1) is 7.11 Å². The van der Waals surface area contributed by atoms with Crippen molar-refractivity contribution in [2.24, 2.45) is 0 Å². The Bertz CT molecular complexity index is 530. The molecule has 0 fully saturated rings. The number of ether oxygens (including phenoxy) is 2. The molecule has 0 aliphatic rings. The first-order chi connectivity index (χ1) is 14.8. The molecule has 1 rings (SSSR count). The summed E-state index contributed by atoms with van der Waals surface area (Å²) in [6.45, 7) is 8.41. The summed E-state index contributed by atoms with van der Waals surface area (Å²) in [4.78, 5) is 0. The van der Waals surface area contributed by atoms with E-state index in [2.05, 4.69) is 31.0 Å². The van der Waals surface area contributed by atoms with E-state index in [0.717, 1.165) is 24.6 Å². The zero-order chi connectivity index (χ0) is 21.7. The molecule has 1 N–H and O–H groups in total. The molecule has 0 aliphatic carbocycles. The van der Waals surface area contributed by atoms with Crippen molar-refractivity contribution >= 4 is 0 Å². The van der Waals surface area contributed by atoms with Crippen LogP contribution < -0.4 is 14.8 Å². The topological polar surface area (TPSA) is 30.5 Å². The van der Waals surface area contributed by atoms with Crippen LogP contribution in [0.1, 0.15) is 102 Å². The lowest BCUT2D eigenvalue weighted by Gasteiger charge is -2.11. The Morgan fingerprint density at radius 3 is 1.90 bits per heavy atom. The van der Waals surface area contributed by atoms with E-state index in [1.807, 2.05) is 6.07 Å². The quantitative estimate of drug-likeness (QED) is 0.163. The predicted octanol–water partition coefficient (Wildman–Crippen LogP) is 7.83. The number of benzene rings is 1. The van der Waals surface area contributed by atoms with Crippen LogP contribution in [0.2, 0.25) is 0 Å². The van der Waals surface area contributed by atoms with E-state index in [0.29, 0.717) is 6.61 Å². The van der Waals surface area contributed by atoms with E-state index in [-0.39, 0.29) is 0 Å². The molecular weight excluding hydrogens is 370 g/mol. The lowest BCUT2D eigenvalue weighted by molar-refractivity contribution is 0.326. The predicted molar refractivity (Wildman–Crippen MR) is 131 cm³/mol. The van der Waals surface area contributed by atoms with Gasteiger partial charge in [0.2, 0.25) is 0 Å². The van der Waals surface area contributed by atoms with Gasteiger partial charge in [-0.25, -0.2) is 0 Å². The van der Waals surface area contributed by atoms with Gasteiger partial charge in [-0.1, -0.05) is 109 Å². The normalized spacial score (nSPS) is 10.9. The average Bonchev–Trinajstić information content (AvgIpc) is 2.77. The summed E-state index contributed by atoms with van der Waals surface area (Å²) in [6, 6.07) is 6.13. The second-order valence-corrected chi connectivity index (χ2v) is 8.36. The number of hydrogen-bond acceptors (Lipinski definition) is 3. The molecule has 0 saturated heterocycles. The van der Waals surface area contributed by atoms with Crippen LogP contribution in [0, 0.1) is 0 Å². The first kappa shape index (κ1) is 26.6. The molecule has 1 aromatic rings. The van der Waals surface area contributed by atoms with Crippen LogP contribution in [0.15, 0.2) is 30.9 Å². The van der Waals surface area contributed by atoms with Gasteiger partial charge in [0.15, 0.2) is 11.5 Å². The van der Waals surface area contributed by atoms with Gasteiger partial charge in [0.25, 0.3) is 0 Å². The Morgan fingerprint density at radius 1 is 0.800 bits per heavy atom. The second-order valence-electron chi connectivity index (χ2n) is 8.36. The van der Waals surface area contributed by atoms with Crippen molar-refractivity contribution in [2.75, 3.05) is 20.3 Å². The second kappa shape index (κ2) is 19.5. The zero-order valence-corrected chi connectivity index (χ0v) is 19.9. The fourth-order valence-electron chi connectivity index (χ4n) is 3.77. The number of unbranched alkanes of at least 4 members (excludes halogenated alkanes) is 13. The molecule has 30 heavy (non-hydrogen) atoms. The molecule has 3 heteroatoms. The molecule has 0 aromatic heterocycles. The lowest BCUT2D eigenvalue weighted by atomic mass is 10.0. The third kappa shape index (κ3) is 13.7. The van der Waals surface area contributed by atoms with Crippen molar-refractivity contribution in [3.63, 3.8) is 0 Å². The van der Waals surface area contributed by atoms with Gasteiger partial charge < -0.3 is 14.8 Å². The number of rotatable bonds is 21. The van der Waals surface area contributed by atoms with Crippen molar-refractivity contribution in [1.29, 1.82) is 0 Å². The largest absolute Gasteiger partial charge is 0.493 e. The maximum Gasteiger partial charge on any atom is 0.161 e. The molecule has 3 nitrogen and oxygen atoms in total. The van der Waals surface area contributed by atoms with Gasteiger partial charge in [0, 0.05) is 6.54 Å². The first-order valence-electron chi connectivity index (χ1n) is 12.4. The molecule has 0 saturated carbocycles. The highest BCUT2D eigenvalue weighted by atomic mass is 16.5. The van der Waals surface area contributed by atoms with Crippen LogP contribution in [0.5, 0.6) is 11.5 Å². The average molecular weight is 418 g/mol. The van der Waals surface area contributed by atoms with Crippen molar-refractivity contribution in [3.8, 4) is 11.5 Å². The summed E-state index contributed by atoms with van der Waals surface area (Å²) < 4.78 is 11.0. The minimum absolute atomic E-state index is 0.493. The third-order valence-electron chi connectivity index (χ3n) is 5.62. The molecule has 0 spiro atoms. The fraction of sp³-hybridized carbons (Fsp3) is 0.704. The Kier molecular flexibility index (Phi) is 17.2. The zero-order valence-electron chi connectivity index (χ0n) is 19.9. The number of nitrogens with one attached hydrogen (secondary N) is 1. The van der Waals surface area contributed by atoms with Gasteiger partial charge in [-0.05, 0) is 30.7 Å². The maximum absolute atomic E-state index is 5.60. The Balaban J connectivity index is 1.93. The summed E-state index contributed by atoms with van der Waals surface area (Å²) in [7, 11) is 1.68. The van der Waals surface area contributed by atoms with Crippen molar-refractivity contribution in [3.05, 3.63) is 36.4 Å². The van der Waals surface area contributed by atoms with Crippen LogP contribution >= 0.6 is 0 Å². The monoisotopic (exact) mass is 417 g/mol. The standard InChI is InChI=1S/C27H47NO2/c1-4-6-7-8-9-10-11-12-13-14-15-16-17-18-21-28-24-25-19-20-26(30-22-5-2)27(23-25)29-3/h5,19-20,23,28H,2,4,6-18,21-22,24H2,1,3H3. The van der Waals surface area contributed by atoms with E-state index in [9.17, 15) is 0 Å². The van der Waals surface area contributed by atoms with E-state index in [1.165, 1.54) is 95.5 Å². The van der Waals surface area contributed by atoms with Crippen LogP contribution in [-0.2, 0) is 6.54 Å². The molecule has 0 amide bonds. The fourth-order valence-corrected chi connectivity index (χ4v) is 3.77. The lowest BCUT2D eigenvalue weighted by Crippen LogP contribution is -2.14. The van der Waals surface area contributed by atoms with Crippen LogP contribution in [0.25, 0.3) is 0 Å². The number of hydrogen-bond donors (Lipinski definition) is 1. The maximum atomic E-state index is 5.60. The van der Waals surface area contributed by atoms with Gasteiger partial charge in [-0.2, -0.15) is 0 Å². The number of methoxy groups -OCH3 is 1. The molecule has 0 bridgehead atoms. The Labute approximate surface area is 186 Å². The highest BCUT2D eigenvalue weighted by molar-refractivity contribution is 5.43. The Hall–Kier alpha value is -1.48. The molecular formula is C27H47NO2. The molecule has 172 valence electrons.